The molecule has 9 nitrogen and oxygen atoms in total. The topological polar surface area (TPSA) is 115 Å². The number of aromatic nitrogens is 2. The number of carbonyl (C=O) groups excluding carboxylic acids is 1. The quantitative estimate of drug-likeness (QED) is 0.227. The number of carbonyl (C=O) groups is 1. The lowest BCUT2D eigenvalue weighted by Gasteiger charge is -2.15. The number of halogens is 1. The Bertz CT molecular complexity index is 1320. The zero-order valence-corrected chi connectivity index (χ0v) is 17.7. The average Bonchev–Trinajstić information content (AvgIpc) is 3.23. The largest absolute Gasteiger partial charge is 0.433 e. The van der Waals surface area contributed by atoms with Crippen molar-refractivity contribution in [2.24, 2.45) is 5.10 Å². The van der Waals surface area contributed by atoms with Gasteiger partial charge in [0.2, 0.25) is 5.91 Å². The smallest absolute Gasteiger partial charge is 0.400 e. The number of hydrogen-bond acceptors (Lipinski definition) is 7. The summed E-state index contributed by atoms with van der Waals surface area (Å²) in [5, 5.41) is 16.7. The summed E-state index contributed by atoms with van der Waals surface area (Å²) in [6.07, 6.45) is 1.20. The van der Waals surface area contributed by atoms with Crippen molar-refractivity contribution >= 4 is 50.8 Å². The van der Waals surface area contributed by atoms with Crippen LogP contribution in [0.25, 0.3) is 22.2 Å². The van der Waals surface area contributed by atoms with E-state index >= 15 is 0 Å². The molecule has 2 aromatic heterocycles. The molecule has 0 spiro atoms. The molecule has 0 unspecified atom stereocenters. The van der Waals surface area contributed by atoms with Gasteiger partial charge in [-0.1, -0.05) is 46.3 Å². The second-order valence-corrected chi connectivity index (χ2v) is 7.32. The minimum absolute atomic E-state index is 0.0680. The lowest BCUT2D eigenvalue weighted by Crippen LogP contribution is -2.24. The highest BCUT2D eigenvalue weighted by molar-refractivity contribution is 9.10. The molecule has 31 heavy (non-hydrogen) atoms. The number of benzene rings is 2. The van der Waals surface area contributed by atoms with Crippen LogP contribution in [0.4, 0.5) is 11.8 Å². The standard InChI is InChI=1S/C21H14BrN5O4/c1-13(28)26(23-12-16-8-10-19(31-16)27(29)30)21-24-18-9-7-15(22)11-17(18)20(25-21)14-5-3-2-4-6-14/h2-12H,1H3/b23-12-. The Morgan fingerprint density at radius 3 is 2.61 bits per heavy atom. The van der Waals surface area contributed by atoms with Gasteiger partial charge in [-0.15, -0.1) is 0 Å². The number of rotatable bonds is 5. The molecule has 0 bridgehead atoms. The predicted octanol–water partition coefficient (Wildman–Crippen LogP) is 4.95. The van der Waals surface area contributed by atoms with Crippen molar-refractivity contribution in [2.75, 3.05) is 5.01 Å². The summed E-state index contributed by atoms with van der Waals surface area (Å²) in [5.41, 5.74) is 2.11. The summed E-state index contributed by atoms with van der Waals surface area (Å²) >= 11 is 3.47. The first kappa shape index (κ1) is 20.4. The Morgan fingerprint density at radius 1 is 1.16 bits per heavy atom. The molecule has 4 rings (SSSR count). The summed E-state index contributed by atoms with van der Waals surface area (Å²) in [4.78, 5) is 31.5. The zero-order chi connectivity index (χ0) is 22.0. The first-order valence-electron chi connectivity index (χ1n) is 9.04. The highest BCUT2D eigenvalue weighted by Gasteiger charge is 2.18. The molecule has 154 valence electrons. The van der Waals surface area contributed by atoms with Crippen molar-refractivity contribution in [3.63, 3.8) is 0 Å². The number of nitro groups is 1. The van der Waals surface area contributed by atoms with Crippen molar-refractivity contribution < 1.29 is 14.1 Å². The van der Waals surface area contributed by atoms with Crippen molar-refractivity contribution in [3.8, 4) is 11.3 Å². The second-order valence-electron chi connectivity index (χ2n) is 6.41. The van der Waals surface area contributed by atoms with Crippen LogP contribution < -0.4 is 5.01 Å². The monoisotopic (exact) mass is 479 g/mol. The van der Waals surface area contributed by atoms with Crippen LogP contribution in [0.5, 0.6) is 0 Å². The normalized spacial score (nSPS) is 11.2. The van der Waals surface area contributed by atoms with Gasteiger partial charge >= 0.3 is 5.88 Å². The molecule has 1 amide bonds. The van der Waals surface area contributed by atoms with Gasteiger partial charge in [-0.2, -0.15) is 10.1 Å². The van der Waals surface area contributed by atoms with Crippen molar-refractivity contribution in [2.45, 2.75) is 6.92 Å². The van der Waals surface area contributed by atoms with Crippen molar-refractivity contribution in [3.05, 3.63) is 81.0 Å². The molecule has 0 atom stereocenters. The fourth-order valence-electron chi connectivity index (χ4n) is 2.90. The molecular weight excluding hydrogens is 466 g/mol. The van der Waals surface area contributed by atoms with Gasteiger partial charge in [0.15, 0.2) is 5.76 Å². The minimum Gasteiger partial charge on any atom is -0.400 e. The van der Waals surface area contributed by atoms with Gasteiger partial charge in [-0.3, -0.25) is 14.9 Å². The third kappa shape index (κ3) is 4.33. The molecule has 0 saturated heterocycles. The summed E-state index contributed by atoms with van der Waals surface area (Å²) in [7, 11) is 0. The van der Waals surface area contributed by atoms with Crippen LogP contribution in [0.2, 0.25) is 0 Å². The summed E-state index contributed by atoms with van der Waals surface area (Å²) in [5.74, 6) is -0.674. The molecule has 2 aromatic carbocycles. The molecule has 0 saturated carbocycles. The van der Waals surface area contributed by atoms with E-state index < -0.39 is 16.7 Å². The summed E-state index contributed by atoms with van der Waals surface area (Å²) in [6.45, 7) is 1.32. The highest BCUT2D eigenvalue weighted by atomic mass is 79.9. The van der Waals surface area contributed by atoms with Crippen LogP contribution in [0.3, 0.4) is 0 Å². The summed E-state index contributed by atoms with van der Waals surface area (Å²) < 4.78 is 5.92. The molecule has 0 radical (unpaired) electrons. The SMILES string of the molecule is CC(=O)N(/N=C\c1ccc([N+](=O)[O-])o1)c1nc(-c2ccccc2)c2cc(Br)ccc2n1. The van der Waals surface area contributed by atoms with E-state index in [0.29, 0.717) is 11.2 Å². The molecule has 4 aromatic rings. The predicted molar refractivity (Wildman–Crippen MR) is 119 cm³/mol. The molecule has 10 heteroatoms. The molecular formula is C21H14BrN5O4. The number of anilines is 1. The van der Waals surface area contributed by atoms with E-state index in [0.717, 1.165) is 20.4 Å². The molecule has 0 aliphatic carbocycles. The van der Waals surface area contributed by atoms with Crippen molar-refractivity contribution in [1.29, 1.82) is 0 Å². The van der Waals surface area contributed by atoms with Gasteiger partial charge in [0.1, 0.15) is 4.92 Å². The number of furan rings is 1. The Morgan fingerprint density at radius 2 is 1.94 bits per heavy atom. The molecule has 0 N–H and O–H groups in total. The number of nitrogens with zero attached hydrogens (tertiary/aromatic N) is 5. The minimum atomic E-state index is -0.656. The highest BCUT2D eigenvalue weighted by Crippen LogP contribution is 2.30. The van der Waals surface area contributed by atoms with Crippen LogP contribution in [0, 0.1) is 10.1 Å². The lowest BCUT2D eigenvalue weighted by atomic mass is 10.1. The number of hydrogen-bond donors (Lipinski definition) is 0. The zero-order valence-electron chi connectivity index (χ0n) is 16.1. The first-order valence-corrected chi connectivity index (χ1v) is 9.83. The maximum absolute atomic E-state index is 12.3. The van der Waals surface area contributed by atoms with E-state index in [4.69, 9.17) is 4.42 Å². The maximum Gasteiger partial charge on any atom is 0.433 e. The van der Waals surface area contributed by atoms with E-state index in [-0.39, 0.29) is 11.7 Å². The van der Waals surface area contributed by atoms with E-state index in [1.165, 1.54) is 25.3 Å². The van der Waals surface area contributed by atoms with Crippen LogP contribution in [0.1, 0.15) is 12.7 Å². The third-order valence-corrected chi connectivity index (χ3v) is 4.77. The van der Waals surface area contributed by atoms with Gasteiger partial charge in [0.05, 0.1) is 23.5 Å². The lowest BCUT2D eigenvalue weighted by molar-refractivity contribution is -0.402. The fourth-order valence-corrected chi connectivity index (χ4v) is 3.26. The fraction of sp³-hybridized carbons (Fsp3) is 0.0476. The van der Waals surface area contributed by atoms with Crippen LogP contribution >= 0.6 is 15.9 Å². The van der Waals surface area contributed by atoms with E-state index in [2.05, 4.69) is 31.0 Å². The number of amides is 1. The molecule has 0 fully saturated rings. The Balaban J connectivity index is 1.82. The second kappa shape index (κ2) is 8.44. The number of fused-ring (bicyclic) bond motifs is 1. The average molecular weight is 480 g/mol. The van der Waals surface area contributed by atoms with Gasteiger partial charge < -0.3 is 4.42 Å². The Hall–Kier alpha value is -3.92. The van der Waals surface area contributed by atoms with Gasteiger partial charge in [-0.25, -0.2) is 9.97 Å². The van der Waals surface area contributed by atoms with Crippen LogP contribution in [0.15, 0.2) is 74.7 Å². The number of hydrazone groups is 1. The molecule has 2 heterocycles. The Kier molecular flexibility index (Phi) is 5.54. The first-order chi connectivity index (χ1) is 14.9. The maximum atomic E-state index is 12.3. The van der Waals surface area contributed by atoms with Crippen molar-refractivity contribution in [1.82, 2.24) is 9.97 Å². The van der Waals surface area contributed by atoms with E-state index in [9.17, 15) is 14.9 Å². The van der Waals surface area contributed by atoms with Crippen LogP contribution in [-0.2, 0) is 4.79 Å². The van der Waals surface area contributed by atoms with E-state index in [1.54, 1.807) is 0 Å². The van der Waals surface area contributed by atoms with Gasteiger partial charge in [0.25, 0.3) is 5.95 Å². The Labute approximate surface area is 184 Å². The molecule has 0 aliphatic rings. The summed E-state index contributed by atoms with van der Waals surface area (Å²) in [6, 6.07) is 17.7. The van der Waals surface area contributed by atoms with Crippen LogP contribution in [-0.4, -0.2) is 27.0 Å². The van der Waals surface area contributed by atoms with Gasteiger partial charge in [0, 0.05) is 22.3 Å². The van der Waals surface area contributed by atoms with Gasteiger partial charge in [-0.05, 0) is 24.3 Å². The molecule has 0 aliphatic heterocycles. The van der Waals surface area contributed by atoms with E-state index in [1.807, 2.05) is 48.5 Å². The third-order valence-electron chi connectivity index (χ3n) is 4.27.